The highest BCUT2D eigenvalue weighted by atomic mass is 32.1. The van der Waals surface area contributed by atoms with Gasteiger partial charge in [-0.1, -0.05) is 12.1 Å². The molecule has 0 saturated carbocycles. The third-order valence-electron chi connectivity index (χ3n) is 5.59. The zero-order valence-corrected chi connectivity index (χ0v) is 19.3. The van der Waals surface area contributed by atoms with Crippen molar-refractivity contribution in [3.05, 3.63) is 93.9 Å². The smallest absolute Gasteiger partial charge is 0.261 e. The van der Waals surface area contributed by atoms with Crippen molar-refractivity contribution in [3.8, 4) is 16.9 Å². The summed E-state index contributed by atoms with van der Waals surface area (Å²) in [7, 11) is 0. The SMILES string of the molecule is Cc1cc(-c2csc(NC(=O)Cn3cnc4ccccc4c3=O)n2)c(C)n1-c1ccc(F)cc1. The van der Waals surface area contributed by atoms with E-state index >= 15 is 0 Å². The number of carbonyl (C=O) groups is 1. The first-order chi connectivity index (χ1) is 16.4. The normalized spacial score (nSPS) is 11.1. The minimum absolute atomic E-state index is 0.162. The van der Waals surface area contributed by atoms with E-state index in [1.807, 2.05) is 35.9 Å². The molecule has 7 nitrogen and oxygen atoms in total. The number of para-hydroxylation sites is 1. The molecule has 0 aliphatic rings. The fourth-order valence-corrected chi connectivity index (χ4v) is 4.72. The summed E-state index contributed by atoms with van der Waals surface area (Å²) < 4.78 is 16.6. The molecule has 1 N–H and O–H groups in total. The molecule has 0 radical (unpaired) electrons. The molecule has 0 unspecified atom stereocenters. The summed E-state index contributed by atoms with van der Waals surface area (Å²) in [5, 5.41) is 5.54. The third-order valence-corrected chi connectivity index (χ3v) is 6.35. The Morgan fingerprint density at radius 2 is 1.88 bits per heavy atom. The molecular weight excluding hydrogens is 453 g/mol. The number of hydrogen-bond acceptors (Lipinski definition) is 5. The standard InChI is InChI=1S/C25H20FN5O2S/c1-15-11-20(16(2)31(15)18-9-7-17(26)8-10-18)22-13-34-25(28-22)29-23(32)12-30-14-27-21-6-4-3-5-19(21)24(30)33/h3-11,13-14H,12H2,1-2H3,(H,28,29,32). The molecule has 0 spiro atoms. The van der Waals surface area contributed by atoms with E-state index in [4.69, 9.17) is 0 Å². The highest BCUT2D eigenvalue weighted by Gasteiger charge is 2.16. The number of rotatable bonds is 5. The summed E-state index contributed by atoms with van der Waals surface area (Å²) in [6.45, 7) is 3.79. The highest BCUT2D eigenvalue weighted by molar-refractivity contribution is 7.14. The summed E-state index contributed by atoms with van der Waals surface area (Å²) in [6.07, 6.45) is 1.38. The van der Waals surface area contributed by atoms with Crippen molar-refractivity contribution in [2.75, 3.05) is 5.32 Å². The van der Waals surface area contributed by atoms with Crippen molar-refractivity contribution in [2.24, 2.45) is 0 Å². The number of nitrogens with one attached hydrogen (secondary N) is 1. The Labute approximate surface area is 198 Å². The molecule has 0 atom stereocenters. The number of anilines is 1. The van der Waals surface area contributed by atoms with Crippen molar-refractivity contribution in [3.63, 3.8) is 0 Å². The quantitative estimate of drug-likeness (QED) is 0.401. The number of aromatic nitrogens is 4. The first-order valence-electron chi connectivity index (χ1n) is 10.6. The minimum atomic E-state index is -0.364. The van der Waals surface area contributed by atoms with Crippen molar-refractivity contribution in [1.29, 1.82) is 0 Å². The van der Waals surface area contributed by atoms with Crippen LogP contribution in [0.15, 0.2) is 71.1 Å². The number of thiazole rings is 1. The van der Waals surface area contributed by atoms with Crippen LogP contribution in [-0.4, -0.2) is 25.0 Å². The van der Waals surface area contributed by atoms with Gasteiger partial charge in [-0.2, -0.15) is 0 Å². The van der Waals surface area contributed by atoms with Gasteiger partial charge in [0.15, 0.2) is 5.13 Å². The van der Waals surface area contributed by atoms with Gasteiger partial charge in [0, 0.05) is 28.0 Å². The zero-order chi connectivity index (χ0) is 23.8. The number of nitrogens with zero attached hydrogens (tertiary/aromatic N) is 4. The largest absolute Gasteiger partial charge is 0.318 e. The Morgan fingerprint density at radius 1 is 1.12 bits per heavy atom. The number of hydrogen-bond donors (Lipinski definition) is 1. The molecule has 3 aromatic heterocycles. The highest BCUT2D eigenvalue weighted by Crippen LogP contribution is 2.31. The second-order valence-corrected chi connectivity index (χ2v) is 8.74. The zero-order valence-electron chi connectivity index (χ0n) is 18.4. The fourth-order valence-electron chi connectivity index (χ4n) is 4.00. The van der Waals surface area contributed by atoms with Crippen LogP contribution in [0.2, 0.25) is 0 Å². The van der Waals surface area contributed by atoms with Crippen LogP contribution >= 0.6 is 11.3 Å². The Balaban J connectivity index is 1.35. The molecule has 9 heteroatoms. The molecule has 0 bridgehead atoms. The molecule has 3 heterocycles. The van der Waals surface area contributed by atoms with Gasteiger partial charge in [-0.3, -0.25) is 14.2 Å². The number of carbonyl (C=O) groups excluding carboxylic acids is 1. The van der Waals surface area contributed by atoms with Crippen LogP contribution in [0.5, 0.6) is 0 Å². The van der Waals surface area contributed by atoms with E-state index in [2.05, 4.69) is 15.3 Å². The van der Waals surface area contributed by atoms with Gasteiger partial charge in [-0.05, 0) is 56.3 Å². The maximum Gasteiger partial charge on any atom is 0.261 e. The monoisotopic (exact) mass is 473 g/mol. The first-order valence-corrected chi connectivity index (χ1v) is 11.4. The number of amides is 1. The number of fused-ring (bicyclic) bond motifs is 1. The average Bonchev–Trinajstić information content (AvgIpc) is 3.40. The van der Waals surface area contributed by atoms with E-state index in [0.717, 1.165) is 28.3 Å². The maximum atomic E-state index is 13.3. The lowest BCUT2D eigenvalue weighted by Gasteiger charge is -2.09. The minimum Gasteiger partial charge on any atom is -0.318 e. The van der Waals surface area contributed by atoms with Crippen LogP contribution in [0.3, 0.4) is 0 Å². The van der Waals surface area contributed by atoms with Crippen LogP contribution in [-0.2, 0) is 11.3 Å². The molecule has 2 aromatic carbocycles. The van der Waals surface area contributed by atoms with Gasteiger partial charge in [0.05, 0.1) is 22.9 Å². The van der Waals surface area contributed by atoms with Crippen LogP contribution < -0.4 is 10.9 Å². The number of benzene rings is 2. The predicted molar refractivity (Wildman–Crippen MR) is 131 cm³/mol. The van der Waals surface area contributed by atoms with Gasteiger partial charge in [0.2, 0.25) is 5.91 Å². The van der Waals surface area contributed by atoms with Crippen LogP contribution in [0.1, 0.15) is 11.4 Å². The molecular formula is C25H20FN5O2S. The van der Waals surface area contributed by atoms with Crippen LogP contribution in [0.4, 0.5) is 9.52 Å². The van der Waals surface area contributed by atoms with E-state index in [-0.39, 0.29) is 23.8 Å². The molecule has 0 saturated heterocycles. The second-order valence-electron chi connectivity index (χ2n) is 7.88. The van der Waals surface area contributed by atoms with Crippen LogP contribution in [0.25, 0.3) is 27.8 Å². The van der Waals surface area contributed by atoms with Crippen molar-refractivity contribution >= 4 is 33.3 Å². The summed E-state index contributed by atoms with van der Waals surface area (Å²) in [5.41, 5.74) is 4.78. The predicted octanol–water partition coefficient (Wildman–Crippen LogP) is 4.71. The molecule has 5 aromatic rings. The van der Waals surface area contributed by atoms with Gasteiger partial charge in [-0.25, -0.2) is 14.4 Å². The van der Waals surface area contributed by atoms with E-state index in [1.54, 1.807) is 30.3 Å². The Kier molecular flexibility index (Phi) is 5.54. The molecule has 170 valence electrons. The summed E-state index contributed by atoms with van der Waals surface area (Å²) in [5.74, 6) is -0.648. The molecule has 34 heavy (non-hydrogen) atoms. The molecule has 0 aliphatic carbocycles. The van der Waals surface area contributed by atoms with E-state index in [1.165, 1.54) is 34.4 Å². The Hall–Kier alpha value is -4.11. The lowest BCUT2D eigenvalue weighted by atomic mass is 10.2. The topological polar surface area (TPSA) is 81.8 Å². The van der Waals surface area contributed by atoms with Gasteiger partial charge >= 0.3 is 0 Å². The Morgan fingerprint density at radius 3 is 2.68 bits per heavy atom. The fraction of sp³-hybridized carbons (Fsp3) is 0.120. The van der Waals surface area contributed by atoms with Crippen molar-refractivity contribution in [2.45, 2.75) is 20.4 Å². The number of aryl methyl sites for hydroxylation is 1. The van der Waals surface area contributed by atoms with Gasteiger partial charge in [-0.15, -0.1) is 11.3 Å². The second kappa shape index (κ2) is 8.68. The molecule has 0 fully saturated rings. The van der Waals surface area contributed by atoms with E-state index in [0.29, 0.717) is 16.0 Å². The van der Waals surface area contributed by atoms with Crippen LogP contribution in [0, 0.1) is 19.7 Å². The third kappa shape index (κ3) is 4.01. The molecule has 0 aliphatic heterocycles. The lowest BCUT2D eigenvalue weighted by Crippen LogP contribution is -2.27. The average molecular weight is 474 g/mol. The van der Waals surface area contributed by atoms with Crippen molar-refractivity contribution < 1.29 is 9.18 Å². The first kappa shape index (κ1) is 21.7. The van der Waals surface area contributed by atoms with E-state index in [9.17, 15) is 14.0 Å². The summed E-state index contributed by atoms with van der Waals surface area (Å²) in [4.78, 5) is 34.0. The van der Waals surface area contributed by atoms with Gasteiger partial charge in [0.25, 0.3) is 5.56 Å². The molecule has 5 rings (SSSR count). The maximum absolute atomic E-state index is 13.3. The van der Waals surface area contributed by atoms with Gasteiger partial charge in [0.1, 0.15) is 12.4 Å². The van der Waals surface area contributed by atoms with Gasteiger partial charge < -0.3 is 9.88 Å². The Bertz CT molecular complexity index is 1580. The molecule has 1 amide bonds. The summed E-state index contributed by atoms with van der Waals surface area (Å²) in [6, 6.07) is 15.4. The lowest BCUT2D eigenvalue weighted by molar-refractivity contribution is -0.116. The van der Waals surface area contributed by atoms with Crippen molar-refractivity contribution in [1.82, 2.24) is 19.1 Å². The summed E-state index contributed by atoms with van der Waals surface area (Å²) >= 11 is 1.31. The van der Waals surface area contributed by atoms with E-state index < -0.39 is 0 Å². The number of halogens is 1.